The van der Waals surface area contributed by atoms with Crippen molar-refractivity contribution in [1.82, 2.24) is 19.3 Å². The van der Waals surface area contributed by atoms with Crippen molar-refractivity contribution in [3.8, 4) is 11.5 Å². The van der Waals surface area contributed by atoms with E-state index in [2.05, 4.69) is 22.3 Å². The number of ketones is 1. The van der Waals surface area contributed by atoms with Crippen LogP contribution in [0.4, 0.5) is 0 Å². The average Bonchev–Trinajstić information content (AvgIpc) is 3.33. The second kappa shape index (κ2) is 8.06. The summed E-state index contributed by atoms with van der Waals surface area (Å²) in [6, 6.07) is 19.9. The minimum absolute atomic E-state index is 0. The van der Waals surface area contributed by atoms with Gasteiger partial charge in [-0.3, -0.25) is 4.79 Å². The summed E-state index contributed by atoms with van der Waals surface area (Å²) in [5.74, 6) is 0.625. The fourth-order valence-corrected chi connectivity index (χ4v) is 2.52. The molecule has 0 aliphatic carbocycles. The summed E-state index contributed by atoms with van der Waals surface area (Å²) in [5.41, 5.74) is 2.12. The van der Waals surface area contributed by atoms with E-state index in [0.717, 1.165) is 11.3 Å². The van der Waals surface area contributed by atoms with Crippen LogP contribution in [-0.2, 0) is 27.5 Å². The predicted molar refractivity (Wildman–Crippen MR) is 92.8 cm³/mol. The van der Waals surface area contributed by atoms with Crippen molar-refractivity contribution in [1.29, 1.82) is 0 Å². The summed E-state index contributed by atoms with van der Waals surface area (Å²) in [6.45, 7) is 0. The first kappa shape index (κ1) is 18.0. The van der Waals surface area contributed by atoms with Gasteiger partial charge in [0.2, 0.25) is 0 Å². The zero-order chi connectivity index (χ0) is 17.1. The number of pyridine rings is 1. The molecule has 0 spiro atoms. The van der Waals surface area contributed by atoms with Crippen LogP contribution in [0.1, 0.15) is 16.1 Å². The summed E-state index contributed by atoms with van der Waals surface area (Å²) >= 11 is 0. The monoisotopic (exact) mass is 521 g/mol. The van der Waals surface area contributed by atoms with Crippen LogP contribution in [0.2, 0.25) is 0 Å². The van der Waals surface area contributed by atoms with Gasteiger partial charge in [0.15, 0.2) is 11.6 Å². The van der Waals surface area contributed by atoms with Crippen LogP contribution in [0, 0.1) is 12.3 Å². The van der Waals surface area contributed by atoms with Crippen molar-refractivity contribution in [2.24, 2.45) is 0 Å². The first-order valence-corrected chi connectivity index (χ1v) is 7.86. The molecule has 4 rings (SSSR count). The Kier molecular flexibility index (Phi) is 5.59. The number of carbonyl (C=O) groups is 1. The molecule has 3 heterocycles. The van der Waals surface area contributed by atoms with E-state index >= 15 is 0 Å². The second-order valence-corrected chi connectivity index (χ2v) is 5.50. The predicted octanol–water partition coefficient (Wildman–Crippen LogP) is 3.08. The van der Waals surface area contributed by atoms with Gasteiger partial charge in [-0.25, -0.2) is 15.7 Å². The van der Waals surface area contributed by atoms with E-state index in [4.69, 9.17) is 0 Å². The topological polar surface area (TPSA) is 52.7 Å². The molecule has 0 amide bonds. The SMILES string of the molecule is O=C(Cc1[c-]n(-c2[c-]cccc2)cc1)c1ccn(-c2ccccn2)n1.[Pt+2]. The molecule has 3 aromatic heterocycles. The van der Waals surface area contributed by atoms with Gasteiger partial charge < -0.3 is 4.57 Å². The van der Waals surface area contributed by atoms with Crippen molar-refractivity contribution in [3.63, 3.8) is 0 Å². The number of rotatable bonds is 5. The van der Waals surface area contributed by atoms with E-state index in [-0.39, 0.29) is 33.3 Å². The Morgan fingerprint density at radius 2 is 1.92 bits per heavy atom. The van der Waals surface area contributed by atoms with Crippen LogP contribution in [0.3, 0.4) is 0 Å². The van der Waals surface area contributed by atoms with E-state index in [9.17, 15) is 4.79 Å². The Hall–Kier alpha value is -2.78. The molecule has 0 unspecified atom stereocenters. The van der Waals surface area contributed by atoms with Crippen molar-refractivity contribution in [2.75, 3.05) is 0 Å². The molecule has 130 valence electrons. The third-order valence-corrected chi connectivity index (χ3v) is 3.75. The third-order valence-electron chi connectivity index (χ3n) is 3.75. The summed E-state index contributed by atoms with van der Waals surface area (Å²) in [7, 11) is 0. The first-order valence-electron chi connectivity index (χ1n) is 7.86. The van der Waals surface area contributed by atoms with E-state index in [1.807, 2.05) is 59.3 Å². The molecule has 4 aromatic rings. The summed E-state index contributed by atoms with van der Waals surface area (Å²) in [4.78, 5) is 16.7. The molecule has 6 heteroatoms. The third kappa shape index (κ3) is 3.89. The fraction of sp³-hybridized carbons (Fsp3) is 0.0500. The van der Waals surface area contributed by atoms with Gasteiger partial charge in [0.25, 0.3) is 0 Å². The number of carbonyl (C=O) groups excluding carboxylic acids is 1. The minimum atomic E-state index is -0.0549. The van der Waals surface area contributed by atoms with E-state index in [0.29, 0.717) is 11.5 Å². The van der Waals surface area contributed by atoms with E-state index in [1.165, 1.54) is 0 Å². The fourth-order valence-electron chi connectivity index (χ4n) is 2.52. The van der Waals surface area contributed by atoms with Gasteiger partial charge in [-0.1, -0.05) is 12.3 Å². The number of para-hydroxylation sites is 1. The molecule has 0 bridgehead atoms. The summed E-state index contributed by atoms with van der Waals surface area (Å²) in [5, 5.41) is 4.32. The zero-order valence-electron chi connectivity index (χ0n) is 13.6. The number of aromatic nitrogens is 4. The number of hydrogen-bond acceptors (Lipinski definition) is 3. The second-order valence-electron chi connectivity index (χ2n) is 5.50. The van der Waals surface area contributed by atoms with Crippen molar-refractivity contribution in [3.05, 3.63) is 96.7 Å². The van der Waals surface area contributed by atoms with Gasteiger partial charge in [-0.2, -0.15) is 41.1 Å². The zero-order valence-corrected chi connectivity index (χ0v) is 15.9. The first-order chi connectivity index (χ1) is 12.3. The molecule has 1 aromatic carbocycles. The minimum Gasteiger partial charge on any atom is -0.471 e. The largest absolute Gasteiger partial charge is 2.00 e. The van der Waals surface area contributed by atoms with Crippen LogP contribution < -0.4 is 0 Å². The molecule has 0 radical (unpaired) electrons. The van der Waals surface area contributed by atoms with Crippen molar-refractivity contribution in [2.45, 2.75) is 6.42 Å². The van der Waals surface area contributed by atoms with Gasteiger partial charge in [0.1, 0.15) is 5.69 Å². The Morgan fingerprint density at radius 3 is 2.69 bits per heavy atom. The summed E-state index contributed by atoms with van der Waals surface area (Å²) < 4.78 is 3.43. The molecule has 0 aliphatic rings. The van der Waals surface area contributed by atoms with E-state index in [1.54, 1.807) is 23.1 Å². The molecule has 0 N–H and O–H groups in total. The normalized spacial score (nSPS) is 10.3. The number of Topliss-reactive ketones (excluding diaryl/α,β-unsaturated/α-hetero) is 1. The molecular weight excluding hydrogens is 507 g/mol. The number of nitrogens with zero attached hydrogens (tertiary/aromatic N) is 4. The van der Waals surface area contributed by atoms with Crippen LogP contribution in [-0.4, -0.2) is 25.1 Å². The molecule has 0 saturated heterocycles. The summed E-state index contributed by atoms with van der Waals surface area (Å²) in [6.07, 6.45) is 8.74. The van der Waals surface area contributed by atoms with E-state index < -0.39 is 0 Å². The Morgan fingerprint density at radius 1 is 1.04 bits per heavy atom. The smallest absolute Gasteiger partial charge is 0.471 e. The van der Waals surface area contributed by atoms with Gasteiger partial charge in [0.05, 0.1) is 0 Å². The molecule has 5 nitrogen and oxygen atoms in total. The van der Waals surface area contributed by atoms with Crippen molar-refractivity contribution < 1.29 is 25.9 Å². The maximum absolute atomic E-state index is 12.5. The van der Waals surface area contributed by atoms with Crippen LogP contribution in [0.15, 0.2) is 73.2 Å². The average molecular weight is 521 g/mol. The van der Waals surface area contributed by atoms with Crippen LogP contribution >= 0.6 is 0 Å². The van der Waals surface area contributed by atoms with Gasteiger partial charge >= 0.3 is 21.1 Å². The van der Waals surface area contributed by atoms with Crippen LogP contribution in [0.5, 0.6) is 0 Å². The molecule has 26 heavy (non-hydrogen) atoms. The standard InChI is InChI=1S/C20H14N4O.Pt/c25-19(18-10-13-24(22-18)20-8-4-5-11-21-20)14-16-9-12-23(15-16)17-6-2-1-3-7-17;/h1-6,8-13H,14H2;/q-2;+2. The van der Waals surface area contributed by atoms with Gasteiger partial charge in [-0.15, -0.1) is 11.8 Å². The maximum atomic E-state index is 12.5. The molecular formula is C20H14N4OPt. The Labute approximate surface area is 165 Å². The number of benzene rings is 1. The van der Waals surface area contributed by atoms with Gasteiger partial charge in [-0.05, 0) is 18.2 Å². The quantitative estimate of drug-likeness (QED) is 0.300. The Bertz CT molecular complexity index is 993. The maximum Gasteiger partial charge on any atom is 2.00 e. The molecule has 0 aliphatic heterocycles. The van der Waals surface area contributed by atoms with Crippen molar-refractivity contribution >= 4 is 5.78 Å². The van der Waals surface area contributed by atoms with Crippen LogP contribution in [0.25, 0.3) is 11.5 Å². The molecule has 0 fully saturated rings. The number of hydrogen-bond donors (Lipinski definition) is 0. The van der Waals surface area contributed by atoms with Gasteiger partial charge in [0, 0.05) is 18.8 Å². The molecule has 0 atom stereocenters. The molecule has 0 saturated carbocycles. The Balaban J connectivity index is 0.00000196.